The van der Waals surface area contributed by atoms with Gasteiger partial charge in [-0.2, -0.15) is 0 Å². The molecule has 0 spiro atoms. The van der Waals surface area contributed by atoms with E-state index in [1.54, 1.807) is 11.0 Å². The number of halogens is 1. The summed E-state index contributed by atoms with van der Waals surface area (Å²) in [6.07, 6.45) is 0.165. The molecule has 5 heteroatoms. The third kappa shape index (κ3) is 1.62. The van der Waals surface area contributed by atoms with Gasteiger partial charge in [-0.15, -0.1) is 0 Å². The van der Waals surface area contributed by atoms with Gasteiger partial charge >= 0.3 is 0 Å². The van der Waals surface area contributed by atoms with Gasteiger partial charge in [0.25, 0.3) is 5.91 Å². The van der Waals surface area contributed by atoms with E-state index in [4.69, 9.17) is 4.74 Å². The summed E-state index contributed by atoms with van der Waals surface area (Å²) in [5, 5.41) is 1.14. The first-order valence-electron chi connectivity index (χ1n) is 7.59. The normalized spacial score (nSPS) is 19.1. The van der Waals surface area contributed by atoms with Gasteiger partial charge in [0.15, 0.2) is 11.6 Å². The van der Waals surface area contributed by atoms with Crippen molar-refractivity contribution in [1.29, 1.82) is 0 Å². The number of aromatic nitrogens is 1. The number of H-pyrrole nitrogens is 1. The molecule has 4 nitrogen and oxygen atoms in total. The van der Waals surface area contributed by atoms with E-state index in [0.29, 0.717) is 12.1 Å². The second kappa shape index (κ2) is 4.35. The molecule has 0 bridgehead atoms. The van der Waals surface area contributed by atoms with Gasteiger partial charge in [-0.25, -0.2) is 4.39 Å². The fraction of sp³-hybridized carbons (Fsp3) is 0.167. The number of fused-ring (bicyclic) bond motifs is 6. The van der Waals surface area contributed by atoms with Crippen LogP contribution in [0.4, 0.5) is 4.39 Å². The summed E-state index contributed by atoms with van der Waals surface area (Å²) in [4.78, 5) is 17.7. The van der Waals surface area contributed by atoms with Crippen LogP contribution in [0.5, 0.6) is 5.75 Å². The number of benzene rings is 2. The molecule has 0 aliphatic carbocycles. The smallest absolute Gasteiger partial charge is 0.260 e. The third-order valence-corrected chi connectivity index (χ3v) is 4.67. The molecule has 2 aromatic carbocycles. The molecule has 1 atom stereocenters. The Bertz CT molecular complexity index is 963. The number of para-hydroxylation sites is 2. The molecule has 3 heterocycles. The number of carbonyl (C=O) groups excluding carboxylic acids is 1. The predicted molar refractivity (Wildman–Crippen MR) is 82.8 cm³/mol. The van der Waals surface area contributed by atoms with Crippen molar-refractivity contribution in [2.75, 3.05) is 6.54 Å². The van der Waals surface area contributed by atoms with E-state index in [0.717, 1.165) is 28.6 Å². The van der Waals surface area contributed by atoms with Crippen molar-refractivity contribution in [1.82, 2.24) is 9.88 Å². The number of aromatic amines is 1. The van der Waals surface area contributed by atoms with Gasteiger partial charge in [0, 0.05) is 17.4 Å². The molecule has 2 aliphatic heterocycles. The Morgan fingerprint density at radius 3 is 2.96 bits per heavy atom. The van der Waals surface area contributed by atoms with Gasteiger partial charge in [0.05, 0.1) is 11.3 Å². The van der Waals surface area contributed by atoms with Crippen molar-refractivity contribution in [3.63, 3.8) is 0 Å². The maximum atomic E-state index is 14.1. The molecule has 5 rings (SSSR count). The molecule has 0 saturated carbocycles. The van der Waals surface area contributed by atoms with Gasteiger partial charge in [-0.1, -0.05) is 24.3 Å². The Morgan fingerprint density at radius 2 is 2.04 bits per heavy atom. The summed E-state index contributed by atoms with van der Waals surface area (Å²) in [7, 11) is 0. The monoisotopic (exact) mass is 308 g/mol. The van der Waals surface area contributed by atoms with Crippen molar-refractivity contribution in [2.24, 2.45) is 0 Å². The van der Waals surface area contributed by atoms with Crippen molar-refractivity contribution in [3.05, 3.63) is 65.1 Å². The highest BCUT2D eigenvalue weighted by molar-refractivity contribution is 5.98. The summed E-state index contributed by atoms with van der Waals surface area (Å²) in [6, 6.07) is 12.5. The van der Waals surface area contributed by atoms with Crippen LogP contribution >= 0.6 is 0 Å². The molecule has 23 heavy (non-hydrogen) atoms. The Balaban J connectivity index is 1.71. The van der Waals surface area contributed by atoms with Gasteiger partial charge in [0.2, 0.25) is 6.23 Å². The SMILES string of the molecule is O=C1c2cccc(F)c2OC2c3[nH]c4ccccc4c3CCN12. The summed E-state index contributed by atoms with van der Waals surface area (Å²) in [6.45, 7) is 0.564. The topological polar surface area (TPSA) is 45.3 Å². The fourth-order valence-corrected chi connectivity index (χ4v) is 3.60. The zero-order valence-corrected chi connectivity index (χ0v) is 12.2. The average molecular weight is 308 g/mol. The first-order chi connectivity index (χ1) is 11.2. The first kappa shape index (κ1) is 12.7. The number of carbonyl (C=O) groups is 1. The minimum absolute atomic E-state index is 0.0465. The maximum absolute atomic E-state index is 14.1. The lowest BCUT2D eigenvalue weighted by atomic mass is 9.99. The van der Waals surface area contributed by atoms with Gasteiger partial charge in [-0.05, 0) is 30.2 Å². The van der Waals surface area contributed by atoms with Crippen molar-refractivity contribution in [3.8, 4) is 5.75 Å². The van der Waals surface area contributed by atoms with E-state index in [1.165, 1.54) is 12.1 Å². The van der Waals surface area contributed by atoms with Gasteiger partial charge in [-0.3, -0.25) is 9.69 Å². The molecule has 0 saturated heterocycles. The molecule has 3 aromatic rings. The van der Waals surface area contributed by atoms with Crippen molar-refractivity contribution >= 4 is 16.8 Å². The molecular formula is C18H13FN2O2. The van der Waals surface area contributed by atoms with Crippen LogP contribution in [0, 0.1) is 5.82 Å². The van der Waals surface area contributed by atoms with Crippen LogP contribution in [0.3, 0.4) is 0 Å². The average Bonchev–Trinajstić information content (AvgIpc) is 2.95. The van der Waals surface area contributed by atoms with E-state index in [1.807, 2.05) is 18.2 Å². The van der Waals surface area contributed by atoms with Crippen LogP contribution in [-0.4, -0.2) is 22.3 Å². The number of hydrogen-bond donors (Lipinski definition) is 1. The number of nitrogens with zero attached hydrogens (tertiary/aromatic N) is 1. The lowest BCUT2D eigenvalue weighted by Gasteiger charge is -2.39. The number of rotatable bonds is 0. The number of ether oxygens (including phenoxy) is 1. The maximum Gasteiger partial charge on any atom is 0.260 e. The molecule has 2 aliphatic rings. The van der Waals surface area contributed by atoms with Gasteiger partial charge in [0.1, 0.15) is 0 Å². The molecule has 1 N–H and O–H groups in total. The van der Waals surface area contributed by atoms with Crippen LogP contribution in [0.15, 0.2) is 42.5 Å². The molecule has 1 unspecified atom stereocenters. The zero-order chi connectivity index (χ0) is 15.6. The lowest BCUT2D eigenvalue weighted by molar-refractivity contribution is -0.000191. The summed E-state index contributed by atoms with van der Waals surface area (Å²) < 4.78 is 20.0. The molecule has 0 radical (unpaired) electrons. The quantitative estimate of drug-likeness (QED) is 0.692. The largest absolute Gasteiger partial charge is 0.461 e. The second-order valence-corrected chi connectivity index (χ2v) is 5.90. The highest BCUT2D eigenvalue weighted by Crippen LogP contribution is 2.41. The van der Waals surface area contributed by atoms with Crippen LogP contribution < -0.4 is 4.74 Å². The number of nitrogens with one attached hydrogen (secondary N) is 1. The highest BCUT2D eigenvalue weighted by atomic mass is 19.1. The fourth-order valence-electron chi connectivity index (χ4n) is 3.60. The van der Waals surface area contributed by atoms with Crippen LogP contribution in [-0.2, 0) is 6.42 Å². The first-order valence-corrected chi connectivity index (χ1v) is 7.59. The lowest BCUT2D eigenvalue weighted by Crippen LogP contribution is -2.45. The van der Waals surface area contributed by atoms with Crippen molar-refractivity contribution < 1.29 is 13.9 Å². The molecule has 114 valence electrons. The van der Waals surface area contributed by atoms with E-state index in [2.05, 4.69) is 11.1 Å². The molecule has 1 amide bonds. The summed E-state index contributed by atoms with van der Waals surface area (Å²) in [5.74, 6) is -0.635. The minimum Gasteiger partial charge on any atom is -0.461 e. The van der Waals surface area contributed by atoms with E-state index in [-0.39, 0.29) is 11.7 Å². The van der Waals surface area contributed by atoms with Crippen molar-refractivity contribution in [2.45, 2.75) is 12.6 Å². The summed E-state index contributed by atoms with van der Waals surface area (Å²) in [5.41, 5.74) is 3.30. The van der Waals surface area contributed by atoms with Crippen LogP contribution in [0.25, 0.3) is 10.9 Å². The Kier molecular flexibility index (Phi) is 2.40. The Hall–Kier alpha value is -2.82. The standard InChI is InChI=1S/C18H13FN2O2/c19-13-6-3-5-12-16(13)23-18-15-11(8-9-21(18)17(12)22)10-4-1-2-7-14(10)20-15/h1-7,18,20H,8-9H2. The highest BCUT2D eigenvalue weighted by Gasteiger charge is 2.40. The minimum atomic E-state index is -0.594. The second-order valence-electron chi connectivity index (χ2n) is 5.90. The number of amides is 1. The third-order valence-electron chi connectivity index (χ3n) is 4.67. The number of hydrogen-bond acceptors (Lipinski definition) is 2. The zero-order valence-electron chi connectivity index (χ0n) is 12.2. The molecule has 0 fully saturated rings. The van der Waals surface area contributed by atoms with E-state index in [9.17, 15) is 9.18 Å². The van der Waals surface area contributed by atoms with Crippen LogP contribution in [0.1, 0.15) is 27.8 Å². The van der Waals surface area contributed by atoms with E-state index >= 15 is 0 Å². The van der Waals surface area contributed by atoms with Crippen LogP contribution in [0.2, 0.25) is 0 Å². The molecular weight excluding hydrogens is 295 g/mol. The molecule has 1 aromatic heterocycles. The predicted octanol–water partition coefficient (Wildman–Crippen LogP) is 3.40. The Morgan fingerprint density at radius 1 is 1.17 bits per heavy atom. The summed E-state index contributed by atoms with van der Waals surface area (Å²) >= 11 is 0. The van der Waals surface area contributed by atoms with Gasteiger partial charge < -0.3 is 9.72 Å². The van der Waals surface area contributed by atoms with E-state index < -0.39 is 12.0 Å². The Labute approximate surface area is 131 Å².